The number of hydrogen-bond donors (Lipinski definition) is 1. The molecule has 0 heterocycles. The molecule has 21 heavy (non-hydrogen) atoms. The average molecular weight is 318 g/mol. The van der Waals surface area contributed by atoms with Crippen LogP contribution >= 0.6 is 0 Å². The van der Waals surface area contributed by atoms with E-state index in [-0.39, 0.29) is 11.0 Å². The first kappa shape index (κ1) is 20.0. The zero-order valence-electron chi connectivity index (χ0n) is 14.5. The van der Waals surface area contributed by atoms with Crippen LogP contribution < -0.4 is 5.32 Å². The van der Waals surface area contributed by atoms with Gasteiger partial charge in [-0.1, -0.05) is 34.6 Å². The lowest BCUT2D eigenvalue weighted by Crippen LogP contribution is -2.42. The standard InChI is InChI=1S/C15H31NO4Si/c1-12(2)11-19-14(18)16-10-8-9-13(17)20-21(6,7)15(3,4)5/h12H,8-11H2,1-7H3,(H,16,18). The molecule has 5 nitrogen and oxygen atoms in total. The van der Waals surface area contributed by atoms with Crippen LogP contribution in [0.25, 0.3) is 0 Å². The molecule has 0 spiro atoms. The van der Waals surface area contributed by atoms with E-state index >= 15 is 0 Å². The Hall–Kier alpha value is -1.04. The van der Waals surface area contributed by atoms with E-state index in [1.807, 2.05) is 26.9 Å². The van der Waals surface area contributed by atoms with Gasteiger partial charge in [0.15, 0.2) is 0 Å². The molecule has 0 saturated carbocycles. The molecule has 0 aliphatic carbocycles. The molecule has 6 heteroatoms. The molecule has 0 aliphatic rings. The summed E-state index contributed by atoms with van der Waals surface area (Å²) in [5.41, 5.74) is 0. The van der Waals surface area contributed by atoms with E-state index in [0.717, 1.165) is 0 Å². The summed E-state index contributed by atoms with van der Waals surface area (Å²) in [6.07, 6.45) is 0.447. The second-order valence-electron chi connectivity index (χ2n) is 7.26. The summed E-state index contributed by atoms with van der Waals surface area (Å²) in [6, 6.07) is 0. The van der Waals surface area contributed by atoms with Gasteiger partial charge in [0, 0.05) is 13.0 Å². The molecule has 0 aromatic heterocycles. The smallest absolute Gasteiger partial charge is 0.407 e. The van der Waals surface area contributed by atoms with E-state index in [0.29, 0.717) is 31.9 Å². The van der Waals surface area contributed by atoms with Gasteiger partial charge < -0.3 is 14.5 Å². The quantitative estimate of drug-likeness (QED) is 0.574. The highest BCUT2D eigenvalue weighted by atomic mass is 28.4. The van der Waals surface area contributed by atoms with Crippen LogP contribution in [0.5, 0.6) is 0 Å². The maximum absolute atomic E-state index is 11.8. The molecule has 0 atom stereocenters. The topological polar surface area (TPSA) is 64.6 Å². The SMILES string of the molecule is CC(C)COC(=O)NCCCC(=O)O[Si](C)(C)C(C)(C)C. The summed E-state index contributed by atoms with van der Waals surface area (Å²) >= 11 is 0. The van der Waals surface area contributed by atoms with Crippen molar-refractivity contribution in [2.24, 2.45) is 5.92 Å². The van der Waals surface area contributed by atoms with Gasteiger partial charge in [0.05, 0.1) is 6.61 Å². The summed E-state index contributed by atoms with van der Waals surface area (Å²) in [7, 11) is -2.04. The van der Waals surface area contributed by atoms with E-state index in [1.165, 1.54) is 0 Å². The summed E-state index contributed by atoms with van der Waals surface area (Å²) in [6.45, 7) is 15.2. The van der Waals surface area contributed by atoms with Crippen LogP contribution in [-0.2, 0) is 14.0 Å². The molecule has 0 aromatic rings. The fourth-order valence-electron chi connectivity index (χ4n) is 1.21. The lowest BCUT2D eigenvalue weighted by atomic mass is 10.2. The summed E-state index contributed by atoms with van der Waals surface area (Å²) in [5, 5.41) is 2.64. The first-order chi connectivity index (χ1) is 9.45. The second kappa shape index (κ2) is 8.41. The van der Waals surface area contributed by atoms with Gasteiger partial charge in [-0.15, -0.1) is 0 Å². The van der Waals surface area contributed by atoms with Crippen molar-refractivity contribution in [2.75, 3.05) is 13.2 Å². The maximum Gasteiger partial charge on any atom is 0.407 e. The Morgan fingerprint density at radius 2 is 1.76 bits per heavy atom. The average Bonchev–Trinajstić information content (AvgIpc) is 2.30. The van der Waals surface area contributed by atoms with Gasteiger partial charge in [0.25, 0.3) is 14.3 Å². The first-order valence-corrected chi connectivity index (χ1v) is 10.5. The van der Waals surface area contributed by atoms with Gasteiger partial charge in [-0.25, -0.2) is 4.79 Å². The molecular formula is C15H31NO4Si. The summed E-state index contributed by atoms with van der Waals surface area (Å²) in [4.78, 5) is 23.1. The maximum atomic E-state index is 11.8. The van der Waals surface area contributed by atoms with Gasteiger partial charge >= 0.3 is 6.09 Å². The Labute approximate surface area is 129 Å². The van der Waals surface area contributed by atoms with Gasteiger partial charge in [-0.3, -0.25) is 4.79 Å². The van der Waals surface area contributed by atoms with Crippen molar-refractivity contribution < 1.29 is 18.8 Å². The molecule has 0 saturated heterocycles. The number of nitrogens with one attached hydrogen (secondary N) is 1. The monoisotopic (exact) mass is 317 g/mol. The third-order valence-electron chi connectivity index (χ3n) is 3.55. The molecule has 0 aromatic carbocycles. The van der Waals surface area contributed by atoms with Crippen molar-refractivity contribution in [3.8, 4) is 0 Å². The van der Waals surface area contributed by atoms with Crippen LogP contribution in [0.4, 0.5) is 4.79 Å². The minimum Gasteiger partial charge on any atom is -0.519 e. The minimum absolute atomic E-state index is 0.0154. The Balaban J connectivity index is 3.89. The largest absolute Gasteiger partial charge is 0.519 e. The number of carbonyl (C=O) groups excluding carboxylic acids is 2. The van der Waals surface area contributed by atoms with E-state index < -0.39 is 14.4 Å². The molecule has 0 rings (SSSR count). The summed E-state index contributed by atoms with van der Waals surface area (Å²) in [5.74, 6) is 0.134. The lowest BCUT2D eigenvalue weighted by Gasteiger charge is -2.35. The molecule has 0 aliphatic heterocycles. The van der Waals surface area contributed by atoms with Crippen LogP contribution in [-0.4, -0.2) is 33.5 Å². The Morgan fingerprint density at radius 3 is 2.24 bits per heavy atom. The van der Waals surface area contributed by atoms with Crippen molar-refractivity contribution >= 4 is 20.4 Å². The highest BCUT2D eigenvalue weighted by Gasteiger charge is 2.40. The van der Waals surface area contributed by atoms with E-state index in [9.17, 15) is 9.59 Å². The van der Waals surface area contributed by atoms with Crippen LogP contribution in [0, 0.1) is 5.92 Å². The predicted octanol–water partition coefficient (Wildman–Crippen LogP) is 3.70. The molecular weight excluding hydrogens is 286 g/mol. The van der Waals surface area contributed by atoms with Gasteiger partial charge in [-0.05, 0) is 30.5 Å². The molecule has 1 N–H and O–H groups in total. The predicted molar refractivity (Wildman–Crippen MR) is 86.7 cm³/mol. The van der Waals surface area contributed by atoms with E-state index in [4.69, 9.17) is 9.16 Å². The molecule has 0 bridgehead atoms. The molecule has 1 amide bonds. The van der Waals surface area contributed by atoms with Crippen molar-refractivity contribution in [2.45, 2.75) is 65.6 Å². The highest BCUT2D eigenvalue weighted by molar-refractivity contribution is 6.75. The zero-order valence-corrected chi connectivity index (χ0v) is 15.5. The van der Waals surface area contributed by atoms with Crippen molar-refractivity contribution in [1.82, 2.24) is 5.32 Å². The van der Waals surface area contributed by atoms with Crippen LogP contribution in [0.2, 0.25) is 18.1 Å². The fourth-order valence-corrected chi connectivity index (χ4v) is 2.18. The minimum atomic E-state index is -2.04. The third kappa shape index (κ3) is 8.75. The molecule has 0 radical (unpaired) electrons. The van der Waals surface area contributed by atoms with Crippen LogP contribution in [0.1, 0.15) is 47.5 Å². The summed E-state index contributed by atoms with van der Waals surface area (Å²) < 4.78 is 10.6. The Bertz CT molecular complexity index is 348. The first-order valence-electron chi connectivity index (χ1n) is 7.58. The number of hydrogen-bond acceptors (Lipinski definition) is 4. The number of alkyl carbamates (subject to hydrolysis) is 1. The number of carbonyl (C=O) groups is 2. The van der Waals surface area contributed by atoms with Crippen molar-refractivity contribution in [1.29, 1.82) is 0 Å². The second-order valence-corrected chi connectivity index (χ2v) is 12.0. The van der Waals surface area contributed by atoms with Gasteiger partial charge in [0.1, 0.15) is 0 Å². The normalized spacial score (nSPS) is 12.2. The van der Waals surface area contributed by atoms with Gasteiger partial charge in [0.2, 0.25) is 0 Å². The van der Waals surface area contributed by atoms with Crippen LogP contribution in [0.15, 0.2) is 0 Å². The zero-order chi connectivity index (χ0) is 16.7. The van der Waals surface area contributed by atoms with E-state index in [2.05, 4.69) is 26.1 Å². The third-order valence-corrected chi connectivity index (χ3v) is 7.90. The number of rotatable bonds is 7. The van der Waals surface area contributed by atoms with E-state index in [1.54, 1.807) is 0 Å². The molecule has 0 fully saturated rings. The van der Waals surface area contributed by atoms with Crippen molar-refractivity contribution in [3.63, 3.8) is 0 Å². The van der Waals surface area contributed by atoms with Crippen molar-refractivity contribution in [3.05, 3.63) is 0 Å². The fraction of sp³-hybridized carbons (Fsp3) is 0.867. The lowest BCUT2D eigenvalue weighted by molar-refractivity contribution is -0.135. The highest BCUT2D eigenvalue weighted by Crippen LogP contribution is 2.36. The Morgan fingerprint density at radius 1 is 1.19 bits per heavy atom. The van der Waals surface area contributed by atoms with Crippen LogP contribution in [0.3, 0.4) is 0 Å². The molecule has 0 unspecified atom stereocenters. The number of amides is 1. The number of ether oxygens (including phenoxy) is 1. The Kier molecular flexibility index (Phi) is 7.99. The van der Waals surface area contributed by atoms with Gasteiger partial charge in [-0.2, -0.15) is 0 Å². The molecule has 124 valence electrons.